The summed E-state index contributed by atoms with van der Waals surface area (Å²) in [6.07, 6.45) is -2.51. The minimum Gasteiger partial charge on any atom is -0.494 e. The zero-order valence-corrected chi connectivity index (χ0v) is 18.1. The Bertz CT molecular complexity index is 1080. The minimum absolute atomic E-state index is 0.0198. The van der Waals surface area contributed by atoms with Crippen molar-refractivity contribution in [3.63, 3.8) is 0 Å². The summed E-state index contributed by atoms with van der Waals surface area (Å²) in [4.78, 5) is 14.6. The maximum atomic E-state index is 12.8. The second-order valence-corrected chi connectivity index (χ2v) is 7.95. The maximum absolute atomic E-state index is 12.8. The lowest BCUT2D eigenvalue weighted by molar-refractivity contribution is -0.137. The number of likely N-dealkylation sites (tertiary alicyclic amines) is 1. The fraction of sp³-hybridized carbons (Fsp3) is 0.375. The summed E-state index contributed by atoms with van der Waals surface area (Å²) in [5, 5.41) is 8.10. The molecular formula is C24H24F3N3O3. The van der Waals surface area contributed by atoms with E-state index in [1.165, 1.54) is 12.1 Å². The van der Waals surface area contributed by atoms with Gasteiger partial charge in [0.2, 0.25) is 17.7 Å². The molecule has 1 aliphatic heterocycles. The molecule has 2 aromatic carbocycles. The monoisotopic (exact) mass is 459 g/mol. The van der Waals surface area contributed by atoms with Crippen molar-refractivity contribution in [2.75, 3.05) is 19.7 Å². The molecular weight excluding hydrogens is 435 g/mol. The molecule has 0 N–H and O–H groups in total. The largest absolute Gasteiger partial charge is 0.494 e. The van der Waals surface area contributed by atoms with Crippen LogP contribution in [0.3, 0.4) is 0 Å². The lowest BCUT2D eigenvalue weighted by atomic mass is 9.97. The van der Waals surface area contributed by atoms with Crippen molar-refractivity contribution in [3.05, 3.63) is 65.5 Å². The second-order valence-electron chi connectivity index (χ2n) is 7.95. The predicted octanol–water partition coefficient (Wildman–Crippen LogP) is 5.10. The Kier molecular flexibility index (Phi) is 6.67. The van der Waals surface area contributed by atoms with Crippen LogP contribution in [0.2, 0.25) is 0 Å². The molecule has 0 radical (unpaired) electrons. The Morgan fingerprint density at radius 3 is 2.52 bits per heavy atom. The molecule has 2 heterocycles. The normalized spacial score (nSPS) is 16.6. The van der Waals surface area contributed by atoms with E-state index in [1.807, 2.05) is 31.2 Å². The van der Waals surface area contributed by atoms with E-state index < -0.39 is 11.7 Å². The first kappa shape index (κ1) is 22.8. The Morgan fingerprint density at radius 2 is 1.85 bits per heavy atom. The molecule has 0 aliphatic carbocycles. The molecule has 9 heteroatoms. The Morgan fingerprint density at radius 1 is 1.12 bits per heavy atom. The number of amides is 1. The van der Waals surface area contributed by atoms with Crippen LogP contribution >= 0.6 is 0 Å². The van der Waals surface area contributed by atoms with E-state index in [0.717, 1.165) is 36.3 Å². The lowest BCUT2D eigenvalue weighted by Gasteiger charge is -2.31. The van der Waals surface area contributed by atoms with Gasteiger partial charge in [0.1, 0.15) is 5.75 Å². The Labute approximate surface area is 189 Å². The number of alkyl halides is 3. The van der Waals surface area contributed by atoms with E-state index in [-0.39, 0.29) is 17.7 Å². The summed E-state index contributed by atoms with van der Waals surface area (Å²) < 4.78 is 49.5. The average Bonchev–Trinajstić information content (AvgIpc) is 3.31. The number of piperidine rings is 1. The van der Waals surface area contributed by atoms with E-state index in [9.17, 15) is 18.0 Å². The number of carbonyl (C=O) groups excluding carboxylic acids is 1. The third-order valence-corrected chi connectivity index (χ3v) is 5.61. The van der Waals surface area contributed by atoms with Crippen LogP contribution in [0.25, 0.3) is 11.5 Å². The van der Waals surface area contributed by atoms with Crippen molar-refractivity contribution < 1.29 is 27.1 Å². The molecule has 0 spiro atoms. The van der Waals surface area contributed by atoms with E-state index in [1.54, 1.807) is 4.90 Å². The molecule has 1 atom stereocenters. The van der Waals surface area contributed by atoms with Gasteiger partial charge in [-0.25, -0.2) is 0 Å². The van der Waals surface area contributed by atoms with Crippen LogP contribution in [-0.2, 0) is 17.4 Å². The number of aromatic nitrogens is 2. The van der Waals surface area contributed by atoms with Crippen molar-refractivity contribution in [2.24, 2.45) is 0 Å². The van der Waals surface area contributed by atoms with Gasteiger partial charge in [-0.1, -0.05) is 12.1 Å². The molecule has 1 amide bonds. The molecule has 3 aromatic rings. The first-order valence-corrected chi connectivity index (χ1v) is 10.8. The molecule has 0 bridgehead atoms. The summed E-state index contributed by atoms with van der Waals surface area (Å²) in [5.74, 6) is 1.23. The lowest BCUT2D eigenvalue weighted by Crippen LogP contribution is -2.40. The summed E-state index contributed by atoms with van der Waals surface area (Å²) in [5.41, 5.74) is 0.592. The number of benzene rings is 2. The molecule has 1 unspecified atom stereocenters. The van der Waals surface area contributed by atoms with Crippen molar-refractivity contribution >= 4 is 5.91 Å². The van der Waals surface area contributed by atoms with Gasteiger partial charge in [-0.05, 0) is 61.7 Å². The van der Waals surface area contributed by atoms with E-state index in [4.69, 9.17) is 9.15 Å². The topological polar surface area (TPSA) is 68.5 Å². The smallest absolute Gasteiger partial charge is 0.416 e. The van der Waals surface area contributed by atoms with E-state index in [2.05, 4.69) is 10.2 Å². The fourth-order valence-electron chi connectivity index (χ4n) is 3.88. The van der Waals surface area contributed by atoms with Crippen LogP contribution in [-0.4, -0.2) is 40.7 Å². The average molecular weight is 459 g/mol. The SMILES string of the molecule is CCOc1ccc(CC(=O)N2CCCC(c3nnc(-c4ccc(C(F)(F)F)cc4)o3)C2)cc1. The predicted molar refractivity (Wildman–Crippen MR) is 115 cm³/mol. The highest BCUT2D eigenvalue weighted by Crippen LogP contribution is 2.32. The third kappa shape index (κ3) is 5.53. The van der Waals surface area contributed by atoms with Gasteiger partial charge in [0, 0.05) is 18.7 Å². The van der Waals surface area contributed by atoms with Crippen LogP contribution in [0, 0.1) is 0 Å². The van der Waals surface area contributed by atoms with Gasteiger partial charge in [-0.2, -0.15) is 13.2 Å². The Balaban J connectivity index is 1.39. The summed E-state index contributed by atoms with van der Waals surface area (Å²) in [6.45, 7) is 3.63. The van der Waals surface area contributed by atoms with Gasteiger partial charge in [0.15, 0.2) is 0 Å². The molecule has 33 heavy (non-hydrogen) atoms. The fourth-order valence-corrected chi connectivity index (χ4v) is 3.88. The number of carbonyl (C=O) groups is 1. The number of nitrogens with zero attached hydrogens (tertiary/aromatic N) is 3. The van der Waals surface area contributed by atoms with Gasteiger partial charge in [-0.3, -0.25) is 4.79 Å². The van der Waals surface area contributed by atoms with Crippen molar-refractivity contribution in [2.45, 2.75) is 38.3 Å². The molecule has 6 nitrogen and oxygen atoms in total. The quantitative estimate of drug-likeness (QED) is 0.513. The van der Waals surface area contributed by atoms with Crippen molar-refractivity contribution in [1.29, 1.82) is 0 Å². The molecule has 0 saturated carbocycles. The highest BCUT2D eigenvalue weighted by molar-refractivity contribution is 5.79. The minimum atomic E-state index is -4.40. The van der Waals surface area contributed by atoms with Crippen molar-refractivity contribution in [1.82, 2.24) is 15.1 Å². The summed E-state index contributed by atoms with van der Waals surface area (Å²) in [6, 6.07) is 12.1. The highest BCUT2D eigenvalue weighted by Gasteiger charge is 2.31. The number of rotatable bonds is 6. The van der Waals surface area contributed by atoms with Gasteiger partial charge >= 0.3 is 6.18 Å². The van der Waals surface area contributed by atoms with Gasteiger partial charge in [0.05, 0.1) is 24.5 Å². The van der Waals surface area contributed by atoms with Crippen LogP contribution < -0.4 is 4.74 Å². The number of hydrogen-bond donors (Lipinski definition) is 0. The third-order valence-electron chi connectivity index (χ3n) is 5.61. The van der Waals surface area contributed by atoms with E-state index in [0.29, 0.717) is 37.6 Å². The summed E-state index contributed by atoms with van der Waals surface area (Å²) >= 11 is 0. The van der Waals surface area contributed by atoms with Gasteiger partial charge in [0.25, 0.3) is 0 Å². The van der Waals surface area contributed by atoms with Crippen LogP contribution in [0.15, 0.2) is 52.9 Å². The van der Waals surface area contributed by atoms with Crippen LogP contribution in [0.4, 0.5) is 13.2 Å². The van der Waals surface area contributed by atoms with Gasteiger partial charge in [-0.15, -0.1) is 10.2 Å². The molecule has 1 aromatic heterocycles. The highest BCUT2D eigenvalue weighted by atomic mass is 19.4. The van der Waals surface area contributed by atoms with Crippen molar-refractivity contribution in [3.8, 4) is 17.2 Å². The number of ether oxygens (including phenoxy) is 1. The second kappa shape index (κ2) is 9.64. The zero-order chi connectivity index (χ0) is 23.4. The zero-order valence-electron chi connectivity index (χ0n) is 18.1. The summed E-state index contributed by atoms with van der Waals surface area (Å²) in [7, 11) is 0. The Hall–Kier alpha value is -3.36. The molecule has 1 saturated heterocycles. The van der Waals surface area contributed by atoms with Crippen LogP contribution in [0.5, 0.6) is 5.75 Å². The van der Waals surface area contributed by atoms with Gasteiger partial charge < -0.3 is 14.1 Å². The molecule has 1 fully saturated rings. The first-order valence-electron chi connectivity index (χ1n) is 10.8. The maximum Gasteiger partial charge on any atom is 0.416 e. The number of halogens is 3. The molecule has 1 aliphatic rings. The standard InChI is InChI=1S/C24H24F3N3O3/c1-2-32-20-11-5-16(6-12-20)14-21(31)30-13-3-4-18(15-30)23-29-28-22(33-23)17-7-9-19(10-8-17)24(25,26)27/h5-12,18H,2-4,13-15H2,1H3. The molecule has 174 valence electrons. The number of hydrogen-bond acceptors (Lipinski definition) is 5. The molecule has 4 rings (SSSR count). The first-order chi connectivity index (χ1) is 15.8. The van der Waals surface area contributed by atoms with Crippen LogP contribution in [0.1, 0.15) is 42.7 Å². The van der Waals surface area contributed by atoms with E-state index >= 15 is 0 Å².